The van der Waals surface area contributed by atoms with E-state index >= 15 is 0 Å². The van der Waals surface area contributed by atoms with Gasteiger partial charge in [-0.15, -0.1) is 0 Å². The van der Waals surface area contributed by atoms with Crippen LogP contribution >= 0.6 is 0 Å². The van der Waals surface area contributed by atoms with E-state index in [0.29, 0.717) is 12.0 Å². The van der Waals surface area contributed by atoms with E-state index in [1.54, 1.807) is 26.0 Å². The zero-order valence-electron chi connectivity index (χ0n) is 18.6. The number of rotatable bonds is 4. The predicted octanol–water partition coefficient (Wildman–Crippen LogP) is 1.31. The molecule has 3 aliphatic rings. The molecule has 0 bridgehead atoms. The summed E-state index contributed by atoms with van der Waals surface area (Å²) < 4.78 is 5.68. The molecule has 10 nitrogen and oxygen atoms in total. The predicted molar refractivity (Wildman–Crippen MR) is 116 cm³/mol. The van der Waals surface area contributed by atoms with Crippen LogP contribution < -0.4 is 5.73 Å². The van der Waals surface area contributed by atoms with Crippen molar-refractivity contribution < 1.29 is 44.3 Å². The SMILES string of the molecule is CCCC(=O)O[C@H]1[C@H]2C(=C(O)c3c(O)cccc3[C@@H]2C)C(=O)[C@]2(O)C(O)=C(C(N)=O)C(=O)C[C@H]12. The second kappa shape index (κ2) is 7.98. The number of hydrogen-bond donors (Lipinski definition) is 5. The first-order valence-electron chi connectivity index (χ1n) is 10.9. The number of nitrogens with two attached hydrogens (primary N) is 1. The summed E-state index contributed by atoms with van der Waals surface area (Å²) in [7, 11) is 0. The number of phenols is 1. The molecule has 0 radical (unpaired) electrons. The summed E-state index contributed by atoms with van der Waals surface area (Å²) in [5, 5.41) is 43.8. The highest BCUT2D eigenvalue weighted by Crippen LogP contribution is 2.56. The molecule has 1 aromatic carbocycles. The summed E-state index contributed by atoms with van der Waals surface area (Å²) in [6, 6.07) is 4.51. The van der Waals surface area contributed by atoms with Crippen molar-refractivity contribution in [2.24, 2.45) is 17.6 Å². The van der Waals surface area contributed by atoms with Crippen LogP contribution in [0.15, 0.2) is 35.1 Å². The van der Waals surface area contributed by atoms with Crippen LogP contribution in [0, 0.1) is 11.8 Å². The number of ketones is 2. The van der Waals surface area contributed by atoms with E-state index in [-0.39, 0.29) is 23.3 Å². The van der Waals surface area contributed by atoms with Crippen LogP contribution in [-0.2, 0) is 23.9 Å². The number of primary amides is 1. The molecule has 0 aromatic heterocycles. The average Bonchev–Trinajstić information content (AvgIpc) is 2.76. The molecule has 0 unspecified atom stereocenters. The molecule has 0 spiro atoms. The molecule has 10 heteroatoms. The molecule has 0 aliphatic heterocycles. The summed E-state index contributed by atoms with van der Waals surface area (Å²) >= 11 is 0. The summed E-state index contributed by atoms with van der Waals surface area (Å²) in [4.78, 5) is 50.7. The maximum atomic E-state index is 13.7. The van der Waals surface area contributed by atoms with E-state index in [0.717, 1.165) is 0 Å². The third-order valence-electron chi connectivity index (χ3n) is 7.06. The van der Waals surface area contributed by atoms with Gasteiger partial charge in [-0.3, -0.25) is 19.2 Å². The zero-order valence-corrected chi connectivity index (χ0v) is 18.6. The van der Waals surface area contributed by atoms with Gasteiger partial charge in [-0.05, 0) is 24.0 Å². The van der Waals surface area contributed by atoms with Crippen molar-refractivity contribution in [2.75, 3.05) is 0 Å². The van der Waals surface area contributed by atoms with Gasteiger partial charge in [-0.2, -0.15) is 0 Å². The van der Waals surface area contributed by atoms with Crippen LogP contribution in [0.4, 0.5) is 0 Å². The number of fused-ring (bicyclic) bond motifs is 3. The summed E-state index contributed by atoms with van der Waals surface area (Å²) in [5.41, 5.74) is 1.51. The number of phenolic OH excluding ortho intramolecular Hbond substituents is 1. The molecule has 0 heterocycles. The van der Waals surface area contributed by atoms with Crippen LogP contribution in [0.5, 0.6) is 5.75 Å². The largest absolute Gasteiger partial charge is 0.508 e. The summed E-state index contributed by atoms with van der Waals surface area (Å²) in [6.45, 7) is 3.45. The average molecular weight is 471 g/mol. The molecule has 34 heavy (non-hydrogen) atoms. The topological polar surface area (TPSA) is 184 Å². The first-order chi connectivity index (χ1) is 16.0. The van der Waals surface area contributed by atoms with Gasteiger partial charge in [0.1, 0.15) is 28.9 Å². The fourth-order valence-corrected chi connectivity index (χ4v) is 5.50. The van der Waals surface area contributed by atoms with E-state index in [2.05, 4.69) is 0 Å². The van der Waals surface area contributed by atoms with Crippen LogP contribution in [0.25, 0.3) is 5.76 Å². The highest BCUT2D eigenvalue weighted by molar-refractivity contribution is 6.23. The molecular weight excluding hydrogens is 446 g/mol. The summed E-state index contributed by atoms with van der Waals surface area (Å²) in [5.74, 6) is -9.27. The van der Waals surface area contributed by atoms with E-state index in [1.807, 2.05) is 0 Å². The Morgan fingerprint density at radius 3 is 2.50 bits per heavy atom. The number of benzene rings is 1. The lowest BCUT2D eigenvalue weighted by Gasteiger charge is -2.51. The van der Waals surface area contributed by atoms with Crippen molar-refractivity contribution in [3.05, 3.63) is 46.2 Å². The van der Waals surface area contributed by atoms with E-state index < -0.39 is 76.4 Å². The van der Waals surface area contributed by atoms with E-state index in [1.165, 1.54) is 6.07 Å². The Labute approximate surface area is 194 Å². The maximum absolute atomic E-state index is 13.7. The molecule has 180 valence electrons. The van der Waals surface area contributed by atoms with Crippen molar-refractivity contribution in [3.8, 4) is 5.75 Å². The molecule has 3 aliphatic carbocycles. The highest BCUT2D eigenvalue weighted by Gasteiger charge is 2.66. The minimum absolute atomic E-state index is 0.0153. The fraction of sp³-hybridized carbons (Fsp3) is 0.417. The van der Waals surface area contributed by atoms with Gasteiger partial charge >= 0.3 is 5.97 Å². The lowest BCUT2D eigenvalue weighted by atomic mass is 9.55. The molecule has 1 saturated carbocycles. The number of ether oxygens (including phenoxy) is 1. The standard InChI is InChI=1S/C24H25NO9/c1-3-5-14(28)34-20-11-8-13(27)17(23(25)32)21(30)24(11,33)22(31)18-15(20)9(2)10-6-4-7-12(26)16(10)19(18)29/h4,6-7,9,11,15,20,26,29-30,33H,3,5,8H2,1-2H3,(H2,25,32)/t9-,11+,15+,20+,24+/m0/s1. The number of aromatic hydroxyl groups is 1. The van der Waals surface area contributed by atoms with Crippen molar-refractivity contribution >= 4 is 29.2 Å². The number of amides is 1. The van der Waals surface area contributed by atoms with Gasteiger partial charge in [0.05, 0.1) is 5.56 Å². The second-order valence-electron chi connectivity index (χ2n) is 8.94. The quantitative estimate of drug-likeness (QED) is 0.319. The van der Waals surface area contributed by atoms with E-state index in [4.69, 9.17) is 10.5 Å². The first kappa shape index (κ1) is 23.5. The van der Waals surface area contributed by atoms with Gasteiger partial charge in [0.15, 0.2) is 11.4 Å². The number of hydrogen-bond acceptors (Lipinski definition) is 9. The number of Topliss-reactive ketones (excluding diaryl/α,β-unsaturated/α-hetero) is 2. The van der Waals surface area contributed by atoms with Crippen molar-refractivity contribution in [1.29, 1.82) is 0 Å². The number of aliphatic hydroxyl groups is 3. The minimum Gasteiger partial charge on any atom is -0.508 e. The fourth-order valence-electron chi connectivity index (χ4n) is 5.50. The Hall–Kier alpha value is -3.66. The van der Waals surface area contributed by atoms with Crippen molar-refractivity contribution in [1.82, 2.24) is 0 Å². The molecule has 5 atom stereocenters. The monoisotopic (exact) mass is 471 g/mol. The van der Waals surface area contributed by atoms with Crippen molar-refractivity contribution in [2.45, 2.75) is 50.7 Å². The third kappa shape index (κ3) is 3.05. The van der Waals surface area contributed by atoms with Gasteiger partial charge < -0.3 is 30.9 Å². The van der Waals surface area contributed by atoms with Gasteiger partial charge in [0.2, 0.25) is 5.78 Å². The Bertz CT molecular complexity index is 1200. The number of carbonyl (C=O) groups is 4. The zero-order chi connectivity index (χ0) is 25.1. The van der Waals surface area contributed by atoms with Gasteiger partial charge in [0, 0.05) is 30.3 Å². The lowest BCUT2D eigenvalue weighted by molar-refractivity contribution is -0.178. The molecular formula is C24H25NO9. The van der Waals surface area contributed by atoms with Gasteiger partial charge in [-0.1, -0.05) is 26.0 Å². The number of aliphatic hydroxyl groups excluding tert-OH is 2. The Balaban J connectivity index is 2.02. The minimum atomic E-state index is -2.85. The number of esters is 1. The first-order valence-corrected chi connectivity index (χ1v) is 10.9. The molecule has 1 aromatic rings. The Kier molecular flexibility index (Phi) is 5.52. The van der Waals surface area contributed by atoms with E-state index in [9.17, 15) is 39.6 Å². The molecule has 1 fully saturated rings. The molecule has 4 rings (SSSR count). The van der Waals surface area contributed by atoms with Gasteiger partial charge in [-0.25, -0.2) is 0 Å². The highest BCUT2D eigenvalue weighted by atomic mass is 16.5. The van der Waals surface area contributed by atoms with Crippen LogP contribution in [0.3, 0.4) is 0 Å². The lowest BCUT2D eigenvalue weighted by Crippen LogP contribution is -2.64. The summed E-state index contributed by atoms with van der Waals surface area (Å²) in [6.07, 6.45) is -1.45. The third-order valence-corrected chi connectivity index (χ3v) is 7.06. The van der Waals surface area contributed by atoms with Crippen LogP contribution in [0.2, 0.25) is 0 Å². The smallest absolute Gasteiger partial charge is 0.306 e. The van der Waals surface area contributed by atoms with Crippen molar-refractivity contribution in [3.63, 3.8) is 0 Å². The Morgan fingerprint density at radius 1 is 1.21 bits per heavy atom. The van der Waals surface area contributed by atoms with Crippen LogP contribution in [0.1, 0.15) is 50.2 Å². The normalized spacial score (nSPS) is 30.4. The van der Waals surface area contributed by atoms with Crippen LogP contribution in [-0.4, -0.2) is 55.6 Å². The number of carbonyl (C=O) groups excluding carboxylic acids is 4. The Morgan fingerprint density at radius 2 is 1.88 bits per heavy atom. The molecule has 1 amide bonds. The molecule has 0 saturated heterocycles. The molecule has 6 N–H and O–H groups in total. The van der Waals surface area contributed by atoms with Gasteiger partial charge in [0.25, 0.3) is 5.91 Å². The second-order valence-corrected chi connectivity index (χ2v) is 8.94. The maximum Gasteiger partial charge on any atom is 0.306 e.